The van der Waals surface area contributed by atoms with Gasteiger partial charge in [-0.2, -0.15) is 0 Å². The molecule has 0 bridgehead atoms. The molecular formula is C25H44LiN4+3. The molecule has 0 saturated heterocycles. The predicted molar refractivity (Wildman–Crippen MR) is 125 cm³/mol. The van der Waals surface area contributed by atoms with E-state index in [-0.39, 0.29) is 30.9 Å². The maximum Gasteiger partial charge on any atom is 1.00 e. The first-order chi connectivity index (χ1) is 13.8. The molecule has 2 aromatic carbocycles. The van der Waals surface area contributed by atoms with Crippen LogP contribution in [0, 0.1) is 0 Å². The van der Waals surface area contributed by atoms with Crippen molar-refractivity contribution in [3.63, 3.8) is 0 Å². The zero-order chi connectivity index (χ0) is 21.6. The number of likely N-dealkylation sites (N-methyl/N-ethyl adjacent to an activating group) is 3. The summed E-state index contributed by atoms with van der Waals surface area (Å²) in [6, 6.07) is 21.3. The minimum Gasteiger partial charge on any atom is -0.650 e. The van der Waals surface area contributed by atoms with Crippen molar-refractivity contribution in [3.8, 4) is 0 Å². The van der Waals surface area contributed by atoms with Crippen molar-refractivity contribution in [2.45, 2.75) is 25.9 Å². The van der Waals surface area contributed by atoms with E-state index >= 15 is 0 Å². The average molecular weight is 408 g/mol. The molecule has 0 aliphatic heterocycles. The monoisotopic (exact) mass is 407 g/mol. The van der Waals surface area contributed by atoms with Crippen LogP contribution in [-0.4, -0.2) is 61.4 Å². The van der Waals surface area contributed by atoms with Gasteiger partial charge in [-0.05, 0) is 0 Å². The SMILES string of the molecule is C[C@H]([N-][C@@H](C)c1ccccc1)c1ccccc1.C[NH+](C)CC[NH+](C)CC[NH+](C)C.[Li+]. The van der Waals surface area contributed by atoms with Gasteiger partial charge in [0.15, 0.2) is 0 Å². The van der Waals surface area contributed by atoms with Crippen molar-refractivity contribution in [3.05, 3.63) is 77.1 Å². The first kappa shape index (κ1) is 28.9. The van der Waals surface area contributed by atoms with Gasteiger partial charge in [0.25, 0.3) is 0 Å². The van der Waals surface area contributed by atoms with Gasteiger partial charge in [0.2, 0.25) is 0 Å². The molecule has 0 saturated carbocycles. The Hall–Kier alpha value is -1.12. The summed E-state index contributed by atoms with van der Waals surface area (Å²) in [7, 11) is 11.1. The first-order valence-corrected chi connectivity index (χ1v) is 11.0. The summed E-state index contributed by atoms with van der Waals surface area (Å²) >= 11 is 0. The molecule has 4 nitrogen and oxygen atoms in total. The smallest absolute Gasteiger partial charge is 0.650 e. The molecule has 162 valence electrons. The van der Waals surface area contributed by atoms with Crippen LogP contribution < -0.4 is 33.6 Å². The quantitative estimate of drug-likeness (QED) is 0.369. The van der Waals surface area contributed by atoms with Gasteiger partial charge in [-0.25, -0.2) is 0 Å². The number of nitrogens with one attached hydrogen (secondary N) is 3. The zero-order valence-electron chi connectivity index (χ0n) is 20.7. The van der Waals surface area contributed by atoms with Crippen molar-refractivity contribution in [1.82, 2.24) is 0 Å². The van der Waals surface area contributed by atoms with E-state index in [1.807, 2.05) is 12.1 Å². The van der Waals surface area contributed by atoms with E-state index in [0.29, 0.717) is 0 Å². The van der Waals surface area contributed by atoms with Gasteiger partial charge in [-0.15, -0.1) is 12.1 Å². The number of hydrogen-bond acceptors (Lipinski definition) is 0. The van der Waals surface area contributed by atoms with E-state index in [0.717, 1.165) is 0 Å². The second kappa shape index (κ2) is 16.6. The van der Waals surface area contributed by atoms with Gasteiger partial charge < -0.3 is 20.0 Å². The Morgan fingerprint density at radius 2 is 0.933 bits per heavy atom. The number of quaternary nitrogens is 3. The van der Waals surface area contributed by atoms with Gasteiger partial charge >= 0.3 is 18.9 Å². The Morgan fingerprint density at radius 3 is 1.23 bits per heavy atom. The van der Waals surface area contributed by atoms with Crippen LogP contribution in [0.3, 0.4) is 0 Å². The Balaban J connectivity index is 0.000000579. The molecule has 0 heterocycles. The molecule has 0 amide bonds. The Bertz CT molecular complexity index is 579. The fraction of sp³-hybridized carbons (Fsp3) is 0.520. The second-order valence-corrected chi connectivity index (χ2v) is 8.69. The van der Waals surface area contributed by atoms with Crippen LogP contribution in [0.15, 0.2) is 60.7 Å². The average Bonchev–Trinajstić information content (AvgIpc) is 2.72. The molecular weight excluding hydrogens is 363 g/mol. The summed E-state index contributed by atoms with van der Waals surface area (Å²) in [5, 5.41) is 4.82. The van der Waals surface area contributed by atoms with Crippen LogP contribution in [0.1, 0.15) is 37.1 Å². The van der Waals surface area contributed by atoms with E-state index in [1.165, 1.54) is 37.3 Å². The van der Waals surface area contributed by atoms with E-state index < -0.39 is 0 Å². The summed E-state index contributed by atoms with van der Waals surface area (Å²) in [4.78, 5) is 4.75. The van der Waals surface area contributed by atoms with Crippen LogP contribution in [-0.2, 0) is 0 Å². The molecule has 2 aromatic rings. The minimum absolute atomic E-state index is 0. The third kappa shape index (κ3) is 13.2. The van der Waals surface area contributed by atoms with E-state index in [9.17, 15) is 0 Å². The van der Waals surface area contributed by atoms with Crippen LogP contribution in [0.4, 0.5) is 0 Å². The van der Waals surface area contributed by atoms with Crippen LogP contribution in [0.2, 0.25) is 0 Å². The van der Waals surface area contributed by atoms with Crippen LogP contribution in [0.25, 0.3) is 5.32 Å². The summed E-state index contributed by atoms with van der Waals surface area (Å²) in [6.45, 7) is 9.41. The zero-order valence-corrected chi connectivity index (χ0v) is 20.7. The number of nitrogens with zero attached hydrogens (tertiary/aromatic N) is 1. The van der Waals surface area contributed by atoms with Crippen LogP contribution in [0.5, 0.6) is 0 Å². The summed E-state index contributed by atoms with van der Waals surface area (Å²) < 4.78 is 0. The van der Waals surface area contributed by atoms with E-state index in [2.05, 4.69) is 97.6 Å². The Kier molecular flexibility index (Phi) is 15.9. The Labute approximate surface area is 197 Å². The maximum absolute atomic E-state index is 4.82. The van der Waals surface area contributed by atoms with E-state index in [1.54, 1.807) is 14.7 Å². The van der Waals surface area contributed by atoms with Gasteiger partial charge in [0.05, 0.1) is 35.2 Å². The fourth-order valence-electron chi connectivity index (χ4n) is 3.02. The summed E-state index contributed by atoms with van der Waals surface area (Å²) in [6.07, 6.45) is 0. The van der Waals surface area contributed by atoms with Crippen LogP contribution >= 0.6 is 0 Å². The normalized spacial score (nSPS) is 12.9. The summed E-state index contributed by atoms with van der Waals surface area (Å²) in [5.41, 5.74) is 2.55. The molecule has 0 aliphatic carbocycles. The summed E-state index contributed by atoms with van der Waals surface area (Å²) in [5.74, 6) is 0. The van der Waals surface area contributed by atoms with Crippen molar-refractivity contribution in [1.29, 1.82) is 0 Å². The van der Waals surface area contributed by atoms with Crippen molar-refractivity contribution in [2.75, 3.05) is 61.4 Å². The van der Waals surface area contributed by atoms with E-state index in [4.69, 9.17) is 5.32 Å². The van der Waals surface area contributed by atoms with Crippen molar-refractivity contribution >= 4 is 0 Å². The maximum atomic E-state index is 4.82. The second-order valence-electron chi connectivity index (χ2n) is 8.69. The minimum atomic E-state index is 0. The van der Waals surface area contributed by atoms with Gasteiger partial charge in [-0.3, -0.25) is 0 Å². The molecule has 2 rings (SSSR count). The molecule has 0 aliphatic rings. The van der Waals surface area contributed by atoms with Gasteiger partial charge in [-0.1, -0.05) is 85.6 Å². The van der Waals surface area contributed by atoms with Gasteiger partial charge in [0, 0.05) is 0 Å². The largest absolute Gasteiger partial charge is 1.00 e. The molecule has 0 radical (unpaired) electrons. The third-order valence-corrected chi connectivity index (χ3v) is 5.11. The molecule has 0 fully saturated rings. The molecule has 2 atom stereocenters. The molecule has 5 heteroatoms. The van der Waals surface area contributed by atoms with Crippen molar-refractivity contribution < 1.29 is 33.6 Å². The molecule has 3 N–H and O–H groups in total. The topological polar surface area (TPSA) is 27.4 Å². The molecule has 0 spiro atoms. The fourth-order valence-corrected chi connectivity index (χ4v) is 3.02. The number of benzene rings is 2. The molecule has 30 heavy (non-hydrogen) atoms. The third-order valence-electron chi connectivity index (χ3n) is 5.11. The standard InChI is InChI=1S/C16H18N.C9H23N3.Li/c1-13(15-9-5-3-6-10-15)17-14(2)16-11-7-4-8-12-16;1-10(2)6-8-12(5)9-7-11(3)4;/h3-14H,1-2H3;6-9H2,1-5H3;/q-1;;+1/p+3/t13-,14-;;/m0../s1. The van der Waals surface area contributed by atoms with Gasteiger partial charge in [0.1, 0.15) is 26.2 Å². The molecule has 0 unspecified atom stereocenters. The number of hydrogen-bond donors (Lipinski definition) is 3. The van der Waals surface area contributed by atoms with Crippen molar-refractivity contribution in [2.24, 2.45) is 0 Å². The predicted octanol–water partition coefficient (Wildman–Crippen LogP) is -2.32. The number of rotatable bonds is 10. The molecule has 0 aromatic heterocycles. The Morgan fingerprint density at radius 1 is 0.600 bits per heavy atom. The first-order valence-electron chi connectivity index (χ1n) is 11.0.